The Bertz CT molecular complexity index is 697. The highest BCUT2D eigenvalue weighted by Gasteiger charge is 2.40. The maximum atomic E-state index is 9.81. The molecule has 0 bridgehead atoms. The number of nitrogens with two attached hydrogens (primary N) is 1. The Balaban J connectivity index is 1.87. The van der Waals surface area contributed by atoms with E-state index in [4.69, 9.17) is 5.73 Å². The van der Waals surface area contributed by atoms with Crippen LogP contribution in [0.3, 0.4) is 0 Å². The lowest BCUT2D eigenvalue weighted by atomic mass is 9.69. The zero-order valence-electron chi connectivity index (χ0n) is 13.7. The second-order valence-corrected chi connectivity index (χ2v) is 8.82. The third kappa shape index (κ3) is 3.25. The number of hydrogen-bond donors (Lipinski definition) is 2. The van der Waals surface area contributed by atoms with Gasteiger partial charge in [-0.3, -0.25) is 0 Å². The summed E-state index contributed by atoms with van der Waals surface area (Å²) in [6.45, 7) is 4.36. The van der Waals surface area contributed by atoms with E-state index in [2.05, 4.69) is 44.4 Å². The molecule has 4 heteroatoms. The normalized spacial score (nSPS) is 22.6. The number of hydrogen-bond acceptors (Lipinski definition) is 4. The second kappa shape index (κ2) is 6.42. The van der Waals surface area contributed by atoms with Crippen LogP contribution in [0.5, 0.6) is 5.75 Å². The largest absolute Gasteiger partial charge is 0.508 e. The van der Waals surface area contributed by atoms with Gasteiger partial charge in [0.2, 0.25) is 0 Å². The van der Waals surface area contributed by atoms with Crippen molar-refractivity contribution in [1.29, 1.82) is 0 Å². The average molecular weight is 346 g/mol. The number of thioether (sulfide) groups is 2. The highest BCUT2D eigenvalue weighted by Crippen LogP contribution is 2.43. The van der Waals surface area contributed by atoms with Crippen LogP contribution in [0, 0.1) is 0 Å². The molecule has 2 nitrogen and oxygen atoms in total. The van der Waals surface area contributed by atoms with Crippen LogP contribution >= 0.6 is 23.5 Å². The van der Waals surface area contributed by atoms with Crippen molar-refractivity contribution < 1.29 is 5.11 Å². The number of aromatic hydroxyl groups is 1. The lowest BCUT2D eigenvalue weighted by Crippen LogP contribution is -2.52. The Morgan fingerprint density at radius 3 is 2.39 bits per heavy atom. The molecule has 0 fully saturated rings. The standard InChI is InChI=1S/C19H23NOS2/c1-19(2)16-11-13(21)5-4-12(16)10-17(18(19)20)23-15-8-6-14(22-3)7-9-15/h4-9,11,17-18,21H,10,20H2,1-3H3/t17-,18+/m0/s1. The van der Waals surface area contributed by atoms with Crippen molar-refractivity contribution >= 4 is 23.5 Å². The maximum Gasteiger partial charge on any atom is 0.115 e. The first-order valence-corrected chi connectivity index (χ1v) is 9.91. The van der Waals surface area contributed by atoms with Crippen molar-refractivity contribution in [2.24, 2.45) is 5.73 Å². The molecule has 1 aliphatic rings. The lowest BCUT2D eigenvalue weighted by Gasteiger charge is -2.43. The van der Waals surface area contributed by atoms with Crippen molar-refractivity contribution in [2.75, 3.05) is 6.26 Å². The van der Waals surface area contributed by atoms with Gasteiger partial charge in [-0.15, -0.1) is 23.5 Å². The molecule has 0 spiro atoms. The van der Waals surface area contributed by atoms with Crippen LogP contribution in [0.15, 0.2) is 52.3 Å². The molecule has 0 aliphatic heterocycles. The number of phenolic OH excluding ortho intramolecular Hbond substituents is 1. The Morgan fingerprint density at radius 2 is 1.74 bits per heavy atom. The van der Waals surface area contributed by atoms with Gasteiger partial charge in [-0.1, -0.05) is 19.9 Å². The molecule has 1 aliphatic carbocycles. The summed E-state index contributed by atoms with van der Waals surface area (Å²) in [5, 5.41) is 10.1. The highest BCUT2D eigenvalue weighted by molar-refractivity contribution is 8.00. The van der Waals surface area contributed by atoms with Gasteiger partial charge in [0.1, 0.15) is 5.75 Å². The van der Waals surface area contributed by atoms with Crippen LogP contribution < -0.4 is 5.73 Å². The van der Waals surface area contributed by atoms with Crippen molar-refractivity contribution in [2.45, 2.75) is 46.8 Å². The van der Waals surface area contributed by atoms with Crippen molar-refractivity contribution in [3.8, 4) is 5.75 Å². The summed E-state index contributed by atoms with van der Waals surface area (Å²) in [6.07, 6.45) is 3.03. The molecule has 0 heterocycles. The van der Waals surface area contributed by atoms with E-state index in [-0.39, 0.29) is 11.5 Å². The fraction of sp³-hybridized carbons (Fsp3) is 0.368. The molecule has 3 N–H and O–H groups in total. The topological polar surface area (TPSA) is 46.2 Å². The minimum Gasteiger partial charge on any atom is -0.508 e. The summed E-state index contributed by atoms with van der Waals surface area (Å²) in [5.74, 6) is 0.322. The third-order valence-corrected chi connectivity index (χ3v) is 6.84. The van der Waals surface area contributed by atoms with E-state index < -0.39 is 0 Å². The van der Waals surface area contributed by atoms with Gasteiger partial charge < -0.3 is 10.8 Å². The van der Waals surface area contributed by atoms with E-state index in [1.807, 2.05) is 23.9 Å². The minimum absolute atomic E-state index is 0.0435. The molecular formula is C19H23NOS2. The van der Waals surface area contributed by atoms with Crippen LogP contribution in [0.4, 0.5) is 0 Å². The first-order chi connectivity index (χ1) is 10.9. The van der Waals surface area contributed by atoms with Gasteiger partial charge in [0.15, 0.2) is 0 Å². The van der Waals surface area contributed by atoms with Gasteiger partial charge in [-0.05, 0) is 60.2 Å². The SMILES string of the molecule is CSc1ccc(S[C@H]2Cc3ccc(O)cc3C(C)(C)[C@@H]2N)cc1. The molecule has 23 heavy (non-hydrogen) atoms. The third-order valence-electron chi connectivity index (χ3n) is 4.79. The van der Waals surface area contributed by atoms with Crippen LogP contribution in [-0.4, -0.2) is 22.7 Å². The summed E-state index contributed by atoms with van der Waals surface area (Å²) in [6, 6.07) is 14.4. The van der Waals surface area contributed by atoms with Crippen LogP contribution in [0.2, 0.25) is 0 Å². The van der Waals surface area contributed by atoms with Gasteiger partial charge in [0, 0.05) is 26.5 Å². The fourth-order valence-corrected chi connectivity index (χ4v) is 5.08. The lowest BCUT2D eigenvalue weighted by molar-refractivity contribution is 0.369. The summed E-state index contributed by atoms with van der Waals surface area (Å²) in [7, 11) is 0. The molecule has 2 atom stereocenters. The number of rotatable bonds is 3. The summed E-state index contributed by atoms with van der Waals surface area (Å²) in [5.41, 5.74) is 8.95. The zero-order valence-corrected chi connectivity index (χ0v) is 15.4. The van der Waals surface area contributed by atoms with Gasteiger partial charge in [-0.2, -0.15) is 0 Å². The molecule has 0 aromatic heterocycles. The van der Waals surface area contributed by atoms with Gasteiger partial charge in [0.25, 0.3) is 0 Å². The average Bonchev–Trinajstić information content (AvgIpc) is 2.54. The molecule has 2 aromatic rings. The summed E-state index contributed by atoms with van der Waals surface area (Å²) < 4.78 is 0. The first kappa shape index (κ1) is 16.7. The van der Waals surface area contributed by atoms with Crippen molar-refractivity contribution in [1.82, 2.24) is 0 Å². The van der Waals surface area contributed by atoms with Crippen molar-refractivity contribution in [3.05, 3.63) is 53.6 Å². The van der Waals surface area contributed by atoms with E-state index in [1.54, 1.807) is 17.8 Å². The monoisotopic (exact) mass is 345 g/mol. The molecule has 0 saturated heterocycles. The number of fused-ring (bicyclic) bond motifs is 1. The maximum absolute atomic E-state index is 9.81. The minimum atomic E-state index is -0.150. The first-order valence-electron chi connectivity index (χ1n) is 7.80. The van der Waals surface area contributed by atoms with Gasteiger partial charge in [-0.25, -0.2) is 0 Å². The summed E-state index contributed by atoms with van der Waals surface area (Å²) >= 11 is 3.62. The molecule has 0 unspecified atom stereocenters. The Hall–Kier alpha value is -1.10. The molecule has 0 amide bonds. The van der Waals surface area contributed by atoms with E-state index in [1.165, 1.54) is 20.9 Å². The predicted molar refractivity (Wildman–Crippen MR) is 101 cm³/mol. The van der Waals surface area contributed by atoms with Crippen LogP contribution in [-0.2, 0) is 11.8 Å². The highest BCUT2D eigenvalue weighted by atomic mass is 32.2. The van der Waals surface area contributed by atoms with E-state index in [9.17, 15) is 5.11 Å². The molecular weight excluding hydrogens is 322 g/mol. The van der Waals surface area contributed by atoms with E-state index in [0.717, 1.165) is 6.42 Å². The predicted octanol–water partition coefficient (Wildman–Crippen LogP) is 4.44. The Labute approximate surface area is 146 Å². The molecule has 0 radical (unpaired) electrons. The molecule has 3 rings (SSSR count). The molecule has 2 aromatic carbocycles. The van der Waals surface area contributed by atoms with E-state index >= 15 is 0 Å². The fourth-order valence-electron chi connectivity index (χ4n) is 3.27. The molecule has 0 saturated carbocycles. The number of benzene rings is 2. The van der Waals surface area contributed by atoms with Crippen LogP contribution in [0.25, 0.3) is 0 Å². The van der Waals surface area contributed by atoms with Gasteiger partial charge >= 0.3 is 0 Å². The summed E-state index contributed by atoms with van der Waals surface area (Å²) in [4.78, 5) is 2.55. The Kier molecular flexibility index (Phi) is 4.68. The van der Waals surface area contributed by atoms with E-state index in [0.29, 0.717) is 11.0 Å². The van der Waals surface area contributed by atoms with Crippen LogP contribution in [0.1, 0.15) is 25.0 Å². The second-order valence-electron chi connectivity index (χ2n) is 6.62. The quantitative estimate of drug-likeness (QED) is 0.808. The zero-order chi connectivity index (χ0) is 16.6. The Morgan fingerprint density at radius 1 is 1.09 bits per heavy atom. The van der Waals surface area contributed by atoms with Gasteiger partial charge in [0.05, 0.1) is 0 Å². The number of phenols is 1. The molecule has 122 valence electrons. The smallest absolute Gasteiger partial charge is 0.115 e. The van der Waals surface area contributed by atoms with Crippen molar-refractivity contribution in [3.63, 3.8) is 0 Å².